The van der Waals surface area contributed by atoms with Gasteiger partial charge in [-0.05, 0) is 25.3 Å². The molecule has 0 saturated carbocycles. The van der Waals surface area contributed by atoms with Crippen molar-refractivity contribution in [3.8, 4) is 0 Å². The van der Waals surface area contributed by atoms with E-state index in [1.165, 1.54) is 0 Å². The minimum absolute atomic E-state index is 0.00944. The molecule has 1 aliphatic carbocycles. The van der Waals surface area contributed by atoms with Gasteiger partial charge in [-0.25, -0.2) is 0 Å². The first kappa shape index (κ1) is 9.22. The summed E-state index contributed by atoms with van der Waals surface area (Å²) in [5.74, 6) is 0. The molecule has 0 aromatic rings. The van der Waals surface area contributed by atoms with Crippen molar-refractivity contribution in [2.24, 2.45) is 5.18 Å². The summed E-state index contributed by atoms with van der Waals surface area (Å²) >= 11 is 0. The first-order valence-corrected chi connectivity index (χ1v) is 3.64. The number of hydrogen-bond acceptors (Lipinski definition) is 2. The number of allylic oxidation sites excluding steroid dienone is 1. The lowest BCUT2D eigenvalue weighted by atomic mass is 9.96. The van der Waals surface area contributed by atoms with E-state index < -0.39 is 17.8 Å². The normalized spacial score (nSPS) is 24.9. The molecule has 0 radical (unpaired) electrons. The maximum atomic E-state index is 12.0. The third kappa shape index (κ3) is 2.06. The van der Waals surface area contributed by atoms with Crippen LogP contribution < -0.4 is 0 Å². The summed E-state index contributed by atoms with van der Waals surface area (Å²) in [6.07, 6.45) is -2.53. The van der Waals surface area contributed by atoms with E-state index in [4.69, 9.17) is 0 Å². The van der Waals surface area contributed by atoms with Gasteiger partial charge in [0.2, 0.25) is 0 Å². The molecule has 0 aliphatic heterocycles. The summed E-state index contributed by atoms with van der Waals surface area (Å²) in [4.78, 5) is 9.97. The van der Waals surface area contributed by atoms with Gasteiger partial charge in [-0.3, -0.25) is 0 Å². The van der Waals surface area contributed by atoms with Crippen molar-refractivity contribution in [3.05, 3.63) is 16.6 Å². The van der Waals surface area contributed by atoms with Crippen LogP contribution in [0.2, 0.25) is 0 Å². The topological polar surface area (TPSA) is 29.4 Å². The van der Waals surface area contributed by atoms with E-state index in [2.05, 4.69) is 5.18 Å². The molecule has 2 nitrogen and oxygen atoms in total. The Labute approximate surface area is 67.4 Å². The fourth-order valence-electron chi connectivity index (χ4n) is 1.22. The molecule has 1 rings (SSSR count). The first-order valence-electron chi connectivity index (χ1n) is 3.64. The molecule has 1 atom stereocenters. The number of nitrogens with zero attached hydrogens (tertiary/aromatic N) is 1. The van der Waals surface area contributed by atoms with Crippen LogP contribution in [0.4, 0.5) is 13.2 Å². The number of alkyl halides is 3. The second-order valence-corrected chi connectivity index (χ2v) is 2.75. The Kier molecular flexibility index (Phi) is 2.49. The summed E-state index contributed by atoms with van der Waals surface area (Å²) in [5, 5.41) is 2.58. The van der Waals surface area contributed by atoms with Crippen LogP contribution in [0.1, 0.15) is 19.3 Å². The third-order valence-corrected chi connectivity index (χ3v) is 1.84. The molecule has 0 spiro atoms. The molecule has 5 heteroatoms. The predicted molar refractivity (Wildman–Crippen MR) is 37.6 cm³/mol. The van der Waals surface area contributed by atoms with Gasteiger partial charge in [0.1, 0.15) is 6.04 Å². The lowest BCUT2D eigenvalue weighted by molar-refractivity contribution is -0.0952. The lowest BCUT2D eigenvalue weighted by Gasteiger charge is -2.17. The molecular weight excluding hydrogens is 171 g/mol. The molecular formula is C7H8F3NO. The van der Waals surface area contributed by atoms with Crippen molar-refractivity contribution >= 4 is 0 Å². The third-order valence-electron chi connectivity index (χ3n) is 1.84. The summed E-state index contributed by atoms with van der Waals surface area (Å²) in [6, 6.07) is -0.782. The maximum Gasteiger partial charge on any atom is 0.412 e. The highest BCUT2D eigenvalue weighted by Crippen LogP contribution is 2.33. The Morgan fingerprint density at radius 3 is 2.67 bits per heavy atom. The van der Waals surface area contributed by atoms with Crippen molar-refractivity contribution in [2.75, 3.05) is 0 Å². The van der Waals surface area contributed by atoms with Crippen LogP contribution in [0.15, 0.2) is 16.8 Å². The van der Waals surface area contributed by atoms with Crippen LogP contribution in [-0.4, -0.2) is 12.2 Å². The Bertz CT molecular complexity index is 209. The predicted octanol–water partition coefficient (Wildman–Crippen LogP) is 2.79. The van der Waals surface area contributed by atoms with Crippen LogP contribution in [0.25, 0.3) is 0 Å². The molecule has 1 aliphatic rings. The van der Waals surface area contributed by atoms with Gasteiger partial charge in [0, 0.05) is 5.57 Å². The number of rotatable bonds is 1. The average molecular weight is 179 g/mol. The van der Waals surface area contributed by atoms with Crippen LogP contribution in [0.3, 0.4) is 0 Å². The minimum Gasteiger partial charge on any atom is -0.166 e. The molecule has 0 saturated heterocycles. The maximum absolute atomic E-state index is 12.0. The molecule has 0 aromatic carbocycles. The van der Waals surface area contributed by atoms with Gasteiger partial charge in [-0.1, -0.05) is 5.18 Å². The van der Waals surface area contributed by atoms with E-state index >= 15 is 0 Å². The monoisotopic (exact) mass is 179 g/mol. The number of halogens is 3. The largest absolute Gasteiger partial charge is 0.412 e. The van der Waals surface area contributed by atoms with Crippen LogP contribution in [-0.2, 0) is 0 Å². The van der Waals surface area contributed by atoms with Gasteiger partial charge in [-0.2, -0.15) is 18.1 Å². The smallest absolute Gasteiger partial charge is 0.166 e. The van der Waals surface area contributed by atoms with Crippen LogP contribution in [0.5, 0.6) is 0 Å². The van der Waals surface area contributed by atoms with Gasteiger partial charge in [0.25, 0.3) is 0 Å². The Balaban J connectivity index is 2.76. The van der Waals surface area contributed by atoms with Gasteiger partial charge in [0.05, 0.1) is 0 Å². The summed E-state index contributed by atoms with van der Waals surface area (Å²) in [7, 11) is 0. The fraction of sp³-hybridized carbons (Fsp3) is 0.714. The summed E-state index contributed by atoms with van der Waals surface area (Å²) in [6.45, 7) is 0. The lowest BCUT2D eigenvalue weighted by Crippen LogP contribution is -2.18. The molecule has 0 fully saturated rings. The van der Waals surface area contributed by atoms with E-state index in [9.17, 15) is 18.1 Å². The summed E-state index contributed by atoms with van der Waals surface area (Å²) < 4.78 is 36.1. The van der Waals surface area contributed by atoms with Gasteiger partial charge < -0.3 is 0 Å². The summed E-state index contributed by atoms with van der Waals surface area (Å²) in [5.41, 5.74) is -0.613. The second kappa shape index (κ2) is 3.25. The number of hydrogen-bond donors (Lipinski definition) is 0. The Morgan fingerprint density at radius 1 is 1.50 bits per heavy atom. The zero-order chi connectivity index (χ0) is 9.19. The number of nitroso groups, excluding NO2 is 1. The Morgan fingerprint density at radius 2 is 2.17 bits per heavy atom. The highest BCUT2D eigenvalue weighted by molar-refractivity contribution is 5.15. The standard InChI is InChI=1S/C7H8F3NO/c8-7(9,10)5-2-1-3-6(4-5)11-12/h4,6H,1-3H2. The molecule has 12 heavy (non-hydrogen) atoms. The molecule has 0 N–H and O–H groups in total. The van der Waals surface area contributed by atoms with Crippen molar-refractivity contribution < 1.29 is 13.2 Å². The molecule has 1 unspecified atom stereocenters. The highest BCUT2D eigenvalue weighted by Gasteiger charge is 2.35. The fourth-order valence-corrected chi connectivity index (χ4v) is 1.22. The molecule has 0 bridgehead atoms. The zero-order valence-electron chi connectivity index (χ0n) is 6.27. The molecule has 0 aromatic heterocycles. The van der Waals surface area contributed by atoms with E-state index in [1.54, 1.807) is 0 Å². The van der Waals surface area contributed by atoms with Crippen molar-refractivity contribution in [1.29, 1.82) is 0 Å². The molecule has 0 amide bonds. The van der Waals surface area contributed by atoms with Gasteiger partial charge in [0.15, 0.2) is 0 Å². The quantitative estimate of drug-likeness (QED) is 0.449. The van der Waals surface area contributed by atoms with E-state index in [0.29, 0.717) is 12.8 Å². The van der Waals surface area contributed by atoms with Crippen molar-refractivity contribution in [3.63, 3.8) is 0 Å². The SMILES string of the molecule is O=NC1C=C(C(F)(F)F)CCC1. The molecule has 68 valence electrons. The second-order valence-electron chi connectivity index (χ2n) is 2.75. The highest BCUT2D eigenvalue weighted by atomic mass is 19.4. The molecule has 0 heterocycles. The van der Waals surface area contributed by atoms with Gasteiger partial charge in [-0.15, -0.1) is 0 Å². The van der Waals surface area contributed by atoms with Crippen LogP contribution >= 0.6 is 0 Å². The van der Waals surface area contributed by atoms with E-state index in [0.717, 1.165) is 6.08 Å². The van der Waals surface area contributed by atoms with Crippen molar-refractivity contribution in [2.45, 2.75) is 31.5 Å². The zero-order valence-corrected chi connectivity index (χ0v) is 6.27. The average Bonchev–Trinajstić information content (AvgIpc) is 2.03. The van der Waals surface area contributed by atoms with Gasteiger partial charge >= 0.3 is 6.18 Å². The minimum atomic E-state index is -4.29. The van der Waals surface area contributed by atoms with Crippen molar-refractivity contribution in [1.82, 2.24) is 0 Å². The first-order chi connectivity index (χ1) is 5.54. The Hall–Kier alpha value is -0.870. The van der Waals surface area contributed by atoms with E-state index in [1.807, 2.05) is 0 Å². The van der Waals surface area contributed by atoms with Crippen LogP contribution in [0, 0.1) is 4.91 Å². The van der Waals surface area contributed by atoms with E-state index in [-0.39, 0.29) is 6.42 Å².